The van der Waals surface area contributed by atoms with Gasteiger partial charge in [-0.2, -0.15) is 0 Å². The van der Waals surface area contributed by atoms with E-state index in [4.69, 9.17) is 19.9 Å². The van der Waals surface area contributed by atoms with Gasteiger partial charge in [-0.3, -0.25) is 4.79 Å². The van der Waals surface area contributed by atoms with E-state index in [2.05, 4.69) is 0 Å². The first-order valence-corrected chi connectivity index (χ1v) is 9.62. The highest BCUT2D eigenvalue weighted by atomic mass is 32.2. The van der Waals surface area contributed by atoms with Crippen molar-refractivity contribution >= 4 is 15.8 Å². The summed E-state index contributed by atoms with van der Waals surface area (Å²) in [6.07, 6.45) is 0. The van der Waals surface area contributed by atoms with Gasteiger partial charge in [0.2, 0.25) is 6.79 Å². The number of hydrogen-bond acceptors (Lipinski definition) is 7. The summed E-state index contributed by atoms with van der Waals surface area (Å²) in [5, 5.41) is -0.876. The summed E-state index contributed by atoms with van der Waals surface area (Å²) in [7, 11) is -3.47. The van der Waals surface area contributed by atoms with E-state index in [-0.39, 0.29) is 25.7 Å². The first-order valence-electron chi connectivity index (χ1n) is 7.90. The van der Waals surface area contributed by atoms with Crippen molar-refractivity contribution in [1.29, 1.82) is 0 Å². The van der Waals surface area contributed by atoms with Crippen molar-refractivity contribution in [2.24, 2.45) is 11.1 Å². The highest BCUT2D eigenvalue weighted by Crippen LogP contribution is 2.63. The van der Waals surface area contributed by atoms with Crippen molar-refractivity contribution in [1.82, 2.24) is 0 Å². The Kier molecular flexibility index (Phi) is 4.21. The van der Waals surface area contributed by atoms with Crippen LogP contribution >= 0.6 is 0 Å². The summed E-state index contributed by atoms with van der Waals surface area (Å²) in [6.45, 7) is 3.46. The first kappa shape index (κ1) is 17.0. The molecule has 1 aliphatic heterocycles. The average Bonchev–Trinajstić information content (AvgIpc) is 3.07. The van der Waals surface area contributed by atoms with Crippen LogP contribution in [0, 0.1) is 5.41 Å². The number of esters is 1. The van der Waals surface area contributed by atoms with E-state index in [9.17, 15) is 13.2 Å². The molecule has 0 aromatic heterocycles. The molecular formula is C16H21NO6S. The molecule has 8 heteroatoms. The number of benzene rings is 1. The minimum absolute atomic E-state index is 0.0557. The highest BCUT2D eigenvalue weighted by Gasteiger charge is 2.75. The molecule has 1 heterocycles. The predicted octanol–water partition coefficient (Wildman–Crippen LogP) is 0.824. The normalized spacial score (nSPS) is 27.8. The fourth-order valence-electron chi connectivity index (χ4n) is 3.53. The van der Waals surface area contributed by atoms with E-state index in [0.29, 0.717) is 17.1 Å². The molecule has 7 nitrogen and oxygen atoms in total. The van der Waals surface area contributed by atoms with E-state index < -0.39 is 32.4 Å². The molecule has 132 valence electrons. The highest BCUT2D eigenvalue weighted by molar-refractivity contribution is 7.92. The largest absolute Gasteiger partial charge is 0.465 e. The number of ether oxygens (including phenoxy) is 3. The van der Waals surface area contributed by atoms with Gasteiger partial charge in [0.15, 0.2) is 21.3 Å². The Balaban J connectivity index is 2.05. The van der Waals surface area contributed by atoms with Gasteiger partial charge in [-0.05, 0) is 24.6 Å². The van der Waals surface area contributed by atoms with E-state index in [0.717, 1.165) is 0 Å². The van der Waals surface area contributed by atoms with Crippen LogP contribution in [0.25, 0.3) is 0 Å². The van der Waals surface area contributed by atoms with Gasteiger partial charge in [0.1, 0.15) is 5.41 Å². The van der Waals surface area contributed by atoms with Gasteiger partial charge in [0.25, 0.3) is 0 Å². The molecule has 1 aromatic rings. The molecule has 3 atom stereocenters. The molecular weight excluding hydrogens is 334 g/mol. The fourth-order valence-corrected chi connectivity index (χ4v) is 5.60. The van der Waals surface area contributed by atoms with E-state index in [1.807, 2.05) is 0 Å². The second-order valence-electron chi connectivity index (χ2n) is 5.93. The fraction of sp³-hybridized carbons (Fsp3) is 0.562. The lowest BCUT2D eigenvalue weighted by atomic mass is 9.99. The average molecular weight is 355 g/mol. The Hall–Kier alpha value is -1.80. The van der Waals surface area contributed by atoms with Gasteiger partial charge in [-0.1, -0.05) is 13.0 Å². The van der Waals surface area contributed by atoms with Gasteiger partial charge in [-0.25, -0.2) is 8.42 Å². The maximum Gasteiger partial charge on any atom is 0.315 e. The summed E-state index contributed by atoms with van der Waals surface area (Å²) >= 11 is 0. The lowest BCUT2D eigenvalue weighted by molar-refractivity contribution is -0.149. The van der Waals surface area contributed by atoms with E-state index in [1.165, 1.54) is 0 Å². The molecule has 1 saturated carbocycles. The van der Waals surface area contributed by atoms with Crippen LogP contribution in [0.4, 0.5) is 0 Å². The molecule has 2 aliphatic rings. The van der Waals surface area contributed by atoms with Crippen LogP contribution in [0.5, 0.6) is 11.5 Å². The Labute approximate surface area is 141 Å². The van der Waals surface area contributed by atoms with E-state index >= 15 is 0 Å². The van der Waals surface area contributed by atoms with Crippen LogP contribution < -0.4 is 15.2 Å². The number of hydrogen-bond donors (Lipinski definition) is 1. The zero-order chi connectivity index (χ0) is 17.5. The molecule has 0 radical (unpaired) electrons. The quantitative estimate of drug-likeness (QED) is 0.753. The van der Waals surface area contributed by atoms with Gasteiger partial charge < -0.3 is 19.9 Å². The SMILES string of the molecule is CCOC(=O)[C@@]1(CN)[C@@H](c2ccc3c(c2)OCO3)[C@@H]1S(=O)(=O)CC. The molecule has 24 heavy (non-hydrogen) atoms. The van der Waals surface area contributed by atoms with Crippen molar-refractivity contribution in [3.63, 3.8) is 0 Å². The van der Waals surface area contributed by atoms with Gasteiger partial charge in [0.05, 0.1) is 11.9 Å². The van der Waals surface area contributed by atoms with Crippen molar-refractivity contribution < 1.29 is 27.4 Å². The summed E-state index contributed by atoms with van der Waals surface area (Å²) in [5.74, 6) is -0.0105. The van der Waals surface area contributed by atoms with Crippen molar-refractivity contribution in [2.75, 3.05) is 25.7 Å². The molecule has 1 aromatic carbocycles. The predicted molar refractivity (Wildman–Crippen MR) is 86.7 cm³/mol. The van der Waals surface area contributed by atoms with Crippen LogP contribution in [0.3, 0.4) is 0 Å². The third-order valence-electron chi connectivity index (χ3n) is 4.79. The van der Waals surface area contributed by atoms with Crippen LogP contribution in [-0.4, -0.2) is 45.3 Å². The number of nitrogens with two attached hydrogens (primary N) is 1. The van der Waals surface area contributed by atoms with Crippen molar-refractivity contribution in [2.45, 2.75) is 25.0 Å². The van der Waals surface area contributed by atoms with Crippen molar-refractivity contribution in [3.05, 3.63) is 23.8 Å². The molecule has 1 fully saturated rings. The Bertz CT molecular complexity index is 762. The number of sulfone groups is 1. The van der Waals surface area contributed by atoms with Crippen molar-refractivity contribution in [3.8, 4) is 11.5 Å². The third-order valence-corrected chi connectivity index (χ3v) is 7.07. The Morgan fingerprint density at radius 2 is 2.04 bits per heavy atom. The molecule has 2 N–H and O–H groups in total. The molecule has 0 bridgehead atoms. The van der Waals surface area contributed by atoms with Gasteiger partial charge in [-0.15, -0.1) is 0 Å². The van der Waals surface area contributed by atoms with E-state index in [1.54, 1.807) is 32.0 Å². The molecule has 1 aliphatic carbocycles. The topological polar surface area (TPSA) is 105 Å². The Morgan fingerprint density at radius 1 is 1.33 bits per heavy atom. The maximum absolute atomic E-state index is 12.5. The second kappa shape index (κ2) is 5.93. The lowest BCUT2D eigenvalue weighted by Crippen LogP contribution is -2.34. The number of rotatable bonds is 6. The molecule has 0 saturated heterocycles. The van der Waals surface area contributed by atoms with Gasteiger partial charge >= 0.3 is 5.97 Å². The second-order valence-corrected chi connectivity index (χ2v) is 8.34. The number of carbonyl (C=O) groups excluding carboxylic acids is 1. The minimum Gasteiger partial charge on any atom is -0.465 e. The summed E-state index contributed by atoms with van der Waals surface area (Å²) in [4.78, 5) is 12.5. The number of carbonyl (C=O) groups is 1. The number of fused-ring (bicyclic) bond motifs is 1. The minimum atomic E-state index is -3.47. The molecule has 0 unspecified atom stereocenters. The standard InChI is InChI=1S/C16H21NO6S/c1-3-21-15(18)16(8-17)13(14(16)24(19,20)4-2)10-5-6-11-12(7-10)23-9-22-11/h5-7,13-14H,3-4,8-9,17H2,1-2H3/t13-,14-,16-/m0/s1. The monoisotopic (exact) mass is 355 g/mol. The molecule has 3 rings (SSSR count). The first-order chi connectivity index (χ1) is 11.4. The summed E-state index contributed by atoms with van der Waals surface area (Å²) in [6, 6.07) is 5.20. The Morgan fingerprint density at radius 3 is 2.67 bits per heavy atom. The van der Waals surface area contributed by atoms with Crippen LogP contribution in [0.1, 0.15) is 25.3 Å². The zero-order valence-corrected chi connectivity index (χ0v) is 14.5. The maximum atomic E-state index is 12.5. The van der Waals surface area contributed by atoms with Crippen LogP contribution in [0.15, 0.2) is 18.2 Å². The van der Waals surface area contributed by atoms with Crippen LogP contribution in [0.2, 0.25) is 0 Å². The van der Waals surface area contributed by atoms with Gasteiger partial charge in [0, 0.05) is 18.2 Å². The molecule has 0 spiro atoms. The molecule has 0 amide bonds. The zero-order valence-electron chi connectivity index (χ0n) is 13.7. The van der Waals surface area contributed by atoms with Crippen LogP contribution in [-0.2, 0) is 19.4 Å². The smallest absolute Gasteiger partial charge is 0.315 e. The summed E-state index contributed by atoms with van der Waals surface area (Å²) < 4.78 is 40.9. The third kappa shape index (κ3) is 2.36. The lowest BCUT2D eigenvalue weighted by Gasteiger charge is -2.14. The summed E-state index contributed by atoms with van der Waals surface area (Å²) in [5.41, 5.74) is 5.32.